The zero-order valence-corrected chi connectivity index (χ0v) is 18.7. The van der Waals surface area contributed by atoms with E-state index in [0.717, 1.165) is 42.2 Å². The maximum atomic E-state index is 13.6. The van der Waals surface area contributed by atoms with E-state index in [1.165, 1.54) is 17.8 Å². The number of carbonyl (C=O) groups excluding carboxylic acids is 1. The van der Waals surface area contributed by atoms with E-state index >= 15 is 0 Å². The van der Waals surface area contributed by atoms with Crippen LogP contribution in [0.2, 0.25) is 0 Å². The summed E-state index contributed by atoms with van der Waals surface area (Å²) in [6.45, 7) is 2.79. The van der Waals surface area contributed by atoms with Crippen LogP contribution in [-0.4, -0.2) is 38.7 Å². The van der Waals surface area contributed by atoms with Crippen molar-refractivity contribution in [1.29, 1.82) is 0 Å². The highest BCUT2D eigenvalue weighted by molar-refractivity contribution is 5.82. The van der Waals surface area contributed by atoms with Gasteiger partial charge < -0.3 is 19.9 Å². The number of carbonyl (C=O) groups is 1. The van der Waals surface area contributed by atoms with E-state index in [4.69, 9.17) is 4.74 Å². The summed E-state index contributed by atoms with van der Waals surface area (Å²) in [6.07, 6.45) is 0.665. The largest absolute Gasteiger partial charge is 0.497 e. The normalized spacial score (nSPS) is 19.5. The number of piperazine rings is 1. The lowest BCUT2D eigenvalue weighted by Crippen LogP contribution is -2.61. The van der Waals surface area contributed by atoms with Gasteiger partial charge >= 0.3 is 0 Å². The van der Waals surface area contributed by atoms with Crippen molar-refractivity contribution in [3.8, 4) is 5.75 Å². The number of hydrogen-bond acceptors (Lipinski definition) is 4. The van der Waals surface area contributed by atoms with Crippen LogP contribution in [0.15, 0.2) is 72.8 Å². The molecule has 2 heterocycles. The first kappa shape index (κ1) is 21.3. The molecular weight excluding hydrogens is 417 g/mol. The molecule has 0 spiro atoms. The van der Waals surface area contributed by atoms with Gasteiger partial charge in [-0.2, -0.15) is 0 Å². The Morgan fingerprint density at radius 3 is 2.70 bits per heavy atom. The number of benzene rings is 3. The Hall–Kier alpha value is -3.54. The molecule has 1 fully saturated rings. The summed E-state index contributed by atoms with van der Waals surface area (Å²) in [7, 11) is 1.68. The third-order valence-corrected chi connectivity index (χ3v) is 6.74. The Balaban J connectivity index is 1.41. The van der Waals surface area contributed by atoms with Crippen molar-refractivity contribution < 1.29 is 13.9 Å². The lowest BCUT2D eigenvalue weighted by Gasteiger charge is -2.49. The van der Waals surface area contributed by atoms with Gasteiger partial charge in [-0.15, -0.1) is 0 Å². The molecule has 2 aliphatic rings. The fourth-order valence-corrected chi connectivity index (χ4v) is 5.04. The highest BCUT2D eigenvalue weighted by Gasteiger charge is 2.41. The zero-order valence-electron chi connectivity index (χ0n) is 18.7. The van der Waals surface area contributed by atoms with Crippen LogP contribution in [-0.2, 0) is 17.8 Å². The van der Waals surface area contributed by atoms with Gasteiger partial charge in [-0.05, 0) is 47.9 Å². The van der Waals surface area contributed by atoms with Crippen molar-refractivity contribution in [3.05, 3.63) is 89.7 Å². The number of nitrogens with one attached hydrogen (secondary N) is 1. The standard InChI is InChI=1S/C27H28FN3O2/c1-33-23-11-10-20-15-24(27(32)29-17-19-6-5-7-21(28)14-19)26-18-30(22-8-3-2-4-9-22)12-13-31(26)25(20)16-23/h2-11,14,16,24,26H,12-13,15,17-18H2,1H3,(H,29,32)/t24-,26-/m1/s1. The van der Waals surface area contributed by atoms with Gasteiger partial charge in [-0.1, -0.05) is 36.4 Å². The Morgan fingerprint density at radius 1 is 1.06 bits per heavy atom. The van der Waals surface area contributed by atoms with Gasteiger partial charge in [0.2, 0.25) is 5.91 Å². The Morgan fingerprint density at radius 2 is 1.91 bits per heavy atom. The predicted octanol–water partition coefficient (Wildman–Crippen LogP) is 4.02. The number of anilines is 2. The van der Waals surface area contributed by atoms with E-state index in [0.29, 0.717) is 13.0 Å². The van der Waals surface area contributed by atoms with E-state index in [-0.39, 0.29) is 23.7 Å². The quantitative estimate of drug-likeness (QED) is 0.645. The maximum absolute atomic E-state index is 13.6. The Kier molecular flexibility index (Phi) is 5.90. The molecule has 1 saturated heterocycles. The van der Waals surface area contributed by atoms with Gasteiger partial charge in [0.25, 0.3) is 0 Å². The minimum absolute atomic E-state index is 0.00522. The first-order chi connectivity index (χ1) is 16.1. The van der Waals surface area contributed by atoms with Crippen LogP contribution in [0.3, 0.4) is 0 Å². The summed E-state index contributed by atoms with van der Waals surface area (Å²) in [5.74, 6) is 0.336. The van der Waals surface area contributed by atoms with Gasteiger partial charge in [0.15, 0.2) is 0 Å². The van der Waals surface area contributed by atoms with Crippen LogP contribution in [0, 0.1) is 11.7 Å². The Labute approximate surface area is 193 Å². The van der Waals surface area contributed by atoms with E-state index in [2.05, 4.69) is 39.4 Å². The van der Waals surface area contributed by atoms with Gasteiger partial charge in [-0.25, -0.2) is 4.39 Å². The van der Waals surface area contributed by atoms with Gasteiger partial charge in [-0.3, -0.25) is 4.79 Å². The molecule has 2 atom stereocenters. The highest BCUT2D eigenvalue weighted by atomic mass is 19.1. The smallest absolute Gasteiger partial charge is 0.225 e. The van der Waals surface area contributed by atoms with Crippen LogP contribution in [0.4, 0.5) is 15.8 Å². The van der Waals surface area contributed by atoms with Crippen LogP contribution in [0.5, 0.6) is 5.75 Å². The SMILES string of the molecule is COc1ccc2c(c1)N1CCN(c3ccccc3)C[C@@H]1[C@H](C(=O)NCc1cccc(F)c1)C2. The van der Waals surface area contributed by atoms with Gasteiger partial charge in [0, 0.05) is 43.6 Å². The number of methoxy groups -OCH3 is 1. The number of hydrogen-bond donors (Lipinski definition) is 1. The number of halogens is 1. The Bertz CT molecular complexity index is 1140. The third-order valence-electron chi connectivity index (χ3n) is 6.74. The molecule has 0 aromatic heterocycles. The molecule has 5 rings (SSSR count). The van der Waals surface area contributed by atoms with Crippen molar-refractivity contribution in [2.24, 2.45) is 5.92 Å². The summed E-state index contributed by atoms with van der Waals surface area (Å²) < 4.78 is 19.0. The summed E-state index contributed by atoms with van der Waals surface area (Å²) in [5, 5.41) is 3.06. The van der Waals surface area contributed by atoms with E-state index in [9.17, 15) is 9.18 Å². The molecule has 33 heavy (non-hydrogen) atoms. The second kappa shape index (κ2) is 9.14. The maximum Gasteiger partial charge on any atom is 0.225 e. The van der Waals surface area contributed by atoms with Crippen molar-refractivity contribution in [1.82, 2.24) is 5.32 Å². The van der Waals surface area contributed by atoms with Crippen molar-refractivity contribution in [2.45, 2.75) is 19.0 Å². The van der Waals surface area contributed by atoms with Crippen molar-refractivity contribution in [3.63, 3.8) is 0 Å². The summed E-state index contributed by atoms with van der Waals surface area (Å²) in [4.78, 5) is 18.1. The number of nitrogens with zero attached hydrogens (tertiary/aromatic N) is 2. The minimum atomic E-state index is -0.292. The molecule has 0 radical (unpaired) electrons. The summed E-state index contributed by atoms with van der Waals surface area (Å²) in [6, 6.07) is 22.9. The predicted molar refractivity (Wildman–Crippen MR) is 128 cm³/mol. The number of ether oxygens (including phenoxy) is 1. The second-order valence-electron chi connectivity index (χ2n) is 8.70. The van der Waals surface area contributed by atoms with Gasteiger partial charge in [0.05, 0.1) is 19.1 Å². The number of fused-ring (bicyclic) bond motifs is 3. The molecule has 170 valence electrons. The monoisotopic (exact) mass is 445 g/mol. The fraction of sp³-hybridized carbons (Fsp3) is 0.296. The molecule has 0 bridgehead atoms. The molecule has 2 aliphatic heterocycles. The third kappa shape index (κ3) is 4.38. The summed E-state index contributed by atoms with van der Waals surface area (Å²) in [5.41, 5.74) is 4.25. The van der Waals surface area contributed by atoms with Crippen LogP contribution in [0.1, 0.15) is 11.1 Å². The molecule has 3 aromatic carbocycles. The first-order valence-corrected chi connectivity index (χ1v) is 11.4. The average Bonchev–Trinajstić information content (AvgIpc) is 2.86. The van der Waals surface area contributed by atoms with Gasteiger partial charge in [0.1, 0.15) is 11.6 Å². The fourth-order valence-electron chi connectivity index (χ4n) is 5.04. The highest BCUT2D eigenvalue weighted by Crippen LogP contribution is 2.39. The molecule has 6 heteroatoms. The molecule has 0 saturated carbocycles. The topological polar surface area (TPSA) is 44.8 Å². The van der Waals surface area contributed by atoms with Crippen LogP contribution >= 0.6 is 0 Å². The first-order valence-electron chi connectivity index (χ1n) is 11.4. The molecule has 1 N–H and O–H groups in total. The lowest BCUT2D eigenvalue weighted by molar-refractivity contribution is -0.126. The second-order valence-corrected chi connectivity index (χ2v) is 8.70. The number of amides is 1. The molecule has 0 aliphatic carbocycles. The zero-order chi connectivity index (χ0) is 22.8. The van der Waals surface area contributed by atoms with E-state index < -0.39 is 0 Å². The lowest BCUT2D eigenvalue weighted by atomic mass is 9.83. The molecule has 0 unspecified atom stereocenters. The van der Waals surface area contributed by atoms with E-state index in [1.807, 2.05) is 30.3 Å². The number of para-hydroxylation sites is 1. The molecular formula is C27H28FN3O2. The van der Waals surface area contributed by atoms with Crippen molar-refractivity contribution >= 4 is 17.3 Å². The minimum Gasteiger partial charge on any atom is -0.497 e. The average molecular weight is 446 g/mol. The van der Waals surface area contributed by atoms with E-state index in [1.54, 1.807) is 13.2 Å². The van der Waals surface area contributed by atoms with Crippen LogP contribution in [0.25, 0.3) is 0 Å². The van der Waals surface area contributed by atoms with Crippen molar-refractivity contribution in [2.75, 3.05) is 36.5 Å². The summed E-state index contributed by atoms with van der Waals surface area (Å²) >= 11 is 0. The molecule has 3 aromatic rings. The molecule has 1 amide bonds. The molecule has 5 nitrogen and oxygen atoms in total. The van der Waals surface area contributed by atoms with Crippen LogP contribution < -0.4 is 19.9 Å². The number of rotatable bonds is 5.